The number of nitrogens with one attached hydrogen (secondary N) is 2. The molecule has 0 radical (unpaired) electrons. The third-order valence-corrected chi connectivity index (χ3v) is 6.48. The molecule has 166 valence electrons. The number of hydrogen-bond acceptors (Lipinski definition) is 5. The Morgan fingerprint density at radius 2 is 1.79 bits per heavy atom. The number of para-hydroxylation sites is 2. The molecular formula is C25H23N5O2S. The molecule has 1 amide bonds. The molecule has 2 N–H and O–H groups in total. The largest absolute Gasteiger partial charge is 0.324 e. The summed E-state index contributed by atoms with van der Waals surface area (Å²) >= 11 is 1.38. The highest BCUT2D eigenvalue weighted by Gasteiger charge is 2.19. The Labute approximate surface area is 194 Å². The fraction of sp³-hybridized carbons (Fsp3) is 0.200. The zero-order valence-electron chi connectivity index (χ0n) is 18.6. The number of benzene rings is 2. The lowest BCUT2D eigenvalue weighted by atomic mass is 10.1. The van der Waals surface area contributed by atoms with Crippen LogP contribution in [0.3, 0.4) is 0 Å². The van der Waals surface area contributed by atoms with Crippen molar-refractivity contribution in [3.63, 3.8) is 0 Å². The highest BCUT2D eigenvalue weighted by atomic mass is 32.2. The number of carbonyl (C=O) groups is 1. The van der Waals surface area contributed by atoms with Gasteiger partial charge in [-0.25, -0.2) is 9.97 Å². The third-order valence-electron chi connectivity index (χ3n) is 5.90. The summed E-state index contributed by atoms with van der Waals surface area (Å²) in [6, 6.07) is 15.9. The summed E-state index contributed by atoms with van der Waals surface area (Å²) in [5, 5.41) is 5.63. The number of aromatic amines is 1. The topological polar surface area (TPSA) is 92.2 Å². The standard InChI is InChI=1S/C25H23N5O2S/c1-14-16(24(32)29-25(26-14)33-3)12-13-21(31)28-22-18-9-5-7-11-20(18)30-15(2)27-19-10-6-4-8-17(19)23(22)30/h4-11H,12-13H2,1-3H3,(H,28,31)(H,26,29,32). The van der Waals surface area contributed by atoms with Gasteiger partial charge in [-0.05, 0) is 38.7 Å². The van der Waals surface area contributed by atoms with Crippen molar-refractivity contribution in [2.45, 2.75) is 31.8 Å². The van der Waals surface area contributed by atoms with Crippen LogP contribution in [0.15, 0.2) is 58.5 Å². The van der Waals surface area contributed by atoms with E-state index >= 15 is 0 Å². The van der Waals surface area contributed by atoms with Crippen molar-refractivity contribution in [2.75, 3.05) is 11.6 Å². The molecule has 2 aromatic carbocycles. The van der Waals surface area contributed by atoms with Crippen LogP contribution in [0.25, 0.3) is 27.3 Å². The zero-order valence-corrected chi connectivity index (χ0v) is 19.4. The maximum Gasteiger partial charge on any atom is 0.254 e. The van der Waals surface area contributed by atoms with Crippen molar-refractivity contribution in [2.24, 2.45) is 0 Å². The van der Waals surface area contributed by atoms with Gasteiger partial charge in [0.05, 0.1) is 22.2 Å². The summed E-state index contributed by atoms with van der Waals surface area (Å²) in [5.41, 5.74) is 4.56. The number of H-pyrrole nitrogens is 1. The van der Waals surface area contributed by atoms with Gasteiger partial charge in [-0.1, -0.05) is 48.2 Å². The van der Waals surface area contributed by atoms with Crippen LogP contribution in [0, 0.1) is 13.8 Å². The third kappa shape index (κ3) is 3.66. The van der Waals surface area contributed by atoms with E-state index in [9.17, 15) is 9.59 Å². The predicted octanol–water partition coefficient (Wildman–Crippen LogP) is 4.63. The lowest BCUT2D eigenvalue weighted by Gasteiger charge is -2.09. The molecule has 0 aliphatic heterocycles. The summed E-state index contributed by atoms with van der Waals surface area (Å²) in [6.07, 6.45) is 2.36. The van der Waals surface area contributed by atoms with Gasteiger partial charge in [0, 0.05) is 28.5 Å². The summed E-state index contributed by atoms with van der Waals surface area (Å²) < 4.78 is 2.09. The first-order valence-corrected chi connectivity index (χ1v) is 11.9. The highest BCUT2D eigenvalue weighted by Crippen LogP contribution is 2.36. The summed E-state index contributed by atoms with van der Waals surface area (Å²) in [7, 11) is 0. The van der Waals surface area contributed by atoms with Crippen LogP contribution in [-0.2, 0) is 11.2 Å². The van der Waals surface area contributed by atoms with Gasteiger partial charge < -0.3 is 10.3 Å². The number of thioether (sulfide) groups is 1. The summed E-state index contributed by atoms with van der Waals surface area (Å²) in [5.74, 6) is 0.696. The van der Waals surface area contributed by atoms with Crippen LogP contribution < -0.4 is 10.9 Å². The average molecular weight is 458 g/mol. The number of rotatable bonds is 5. The number of anilines is 1. The normalized spacial score (nSPS) is 11.5. The maximum absolute atomic E-state index is 13.1. The quantitative estimate of drug-likeness (QED) is 0.296. The number of nitrogens with zero attached hydrogens (tertiary/aromatic N) is 3. The Morgan fingerprint density at radius 3 is 2.55 bits per heavy atom. The molecule has 0 saturated heterocycles. The molecular weight excluding hydrogens is 434 g/mol. The average Bonchev–Trinajstić information content (AvgIpc) is 3.13. The fourth-order valence-electron chi connectivity index (χ4n) is 4.37. The molecule has 5 rings (SSSR count). The van der Waals surface area contributed by atoms with E-state index in [0.29, 0.717) is 22.8 Å². The van der Waals surface area contributed by atoms with E-state index in [1.54, 1.807) is 6.92 Å². The molecule has 33 heavy (non-hydrogen) atoms. The molecule has 3 heterocycles. The first-order chi connectivity index (χ1) is 16.0. The van der Waals surface area contributed by atoms with Gasteiger partial charge in [-0.3, -0.25) is 14.0 Å². The molecule has 0 aliphatic carbocycles. The van der Waals surface area contributed by atoms with Gasteiger partial charge in [-0.2, -0.15) is 0 Å². The molecule has 5 aromatic rings. The maximum atomic E-state index is 13.1. The van der Waals surface area contributed by atoms with Gasteiger partial charge in [0.15, 0.2) is 5.16 Å². The molecule has 0 saturated carbocycles. The van der Waals surface area contributed by atoms with Crippen molar-refractivity contribution in [1.82, 2.24) is 19.4 Å². The van der Waals surface area contributed by atoms with Crippen LogP contribution >= 0.6 is 11.8 Å². The minimum Gasteiger partial charge on any atom is -0.324 e. The second-order valence-electron chi connectivity index (χ2n) is 7.94. The molecule has 3 aromatic heterocycles. The number of aryl methyl sites for hydroxylation is 2. The van der Waals surface area contributed by atoms with E-state index in [2.05, 4.69) is 19.7 Å². The Bertz CT molecular complexity index is 1600. The van der Waals surface area contributed by atoms with Gasteiger partial charge in [0.1, 0.15) is 5.82 Å². The molecule has 0 unspecified atom stereocenters. The Balaban J connectivity index is 1.55. The lowest BCUT2D eigenvalue weighted by molar-refractivity contribution is -0.116. The van der Waals surface area contributed by atoms with Crippen LogP contribution in [0.4, 0.5) is 5.69 Å². The Morgan fingerprint density at radius 1 is 1.06 bits per heavy atom. The smallest absolute Gasteiger partial charge is 0.254 e. The SMILES string of the molecule is CSc1nc(C)c(CCC(=O)Nc2c3ccccc3n3c(C)nc4ccccc4c23)c(=O)[nH]1. The molecule has 0 fully saturated rings. The van der Waals surface area contributed by atoms with Crippen molar-refractivity contribution in [1.29, 1.82) is 0 Å². The number of carbonyl (C=O) groups excluding carboxylic acids is 1. The molecule has 0 atom stereocenters. The summed E-state index contributed by atoms with van der Waals surface area (Å²) in [6.45, 7) is 3.77. The predicted molar refractivity (Wildman–Crippen MR) is 133 cm³/mol. The second-order valence-corrected chi connectivity index (χ2v) is 8.73. The Hall–Kier alpha value is -3.65. The monoisotopic (exact) mass is 457 g/mol. The first kappa shape index (κ1) is 21.2. The minimum atomic E-state index is -0.188. The number of fused-ring (bicyclic) bond motifs is 5. The zero-order chi connectivity index (χ0) is 23.1. The second kappa shape index (κ2) is 8.37. The van der Waals surface area contributed by atoms with E-state index in [0.717, 1.165) is 38.8 Å². The molecule has 8 heteroatoms. The van der Waals surface area contributed by atoms with Crippen molar-refractivity contribution in [3.05, 3.63) is 76.0 Å². The van der Waals surface area contributed by atoms with E-state index in [-0.39, 0.29) is 17.9 Å². The van der Waals surface area contributed by atoms with E-state index < -0.39 is 0 Å². The molecule has 7 nitrogen and oxygen atoms in total. The highest BCUT2D eigenvalue weighted by molar-refractivity contribution is 7.98. The number of amides is 1. The number of hydrogen-bond donors (Lipinski definition) is 2. The number of aromatic nitrogens is 4. The van der Waals surface area contributed by atoms with Gasteiger partial charge in [0.2, 0.25) is 5.91 Å². The van der Waals surface area contributed by atoms with Crippen LogP contribution in [0.5, 0.6) is 0 Å². The van der Waals surface area contributed by atoms with Gasteiger partial charge >= 0.3 is 0 Å². The van der Waals surface area contributed by atoms with Crippen molar-refractivity contribution >= 4 is 50.7 Å². The van der Waals surface area contributed by atoms with Crippen molar-refractivity contribution in [3.8, 4) is 0 Å². The minimum absolute atomic E-state index is 0.153. The van der Waals surface area contributed by atoms with Crippen molar-refractivity contribution < 1.29 is 4.79 Å². The van der Waals surface area contributed by atoms with Crippen LogP contribution in [0.1, 0.15) is 23.5 Å². The van der Waals surface area contributed by atoms with Gasteiger partial charge in [0.25, 0.3) is 5.56 Å². The first-order valence-electron chi connectivity index (χ1n) is 10.7. The van der Waals surface area contributed by atoms with E-state index in [4.69, 9.17) is 4.98 Å². The molecule has 0 bridgehead atoms. The summed E-state index contributed by atoms with van der Waals surface area (Å²) in [4.78, 5) is 37.4. The molecule has 0 aliphatic rings. The Kier molecular flexibility index (Phi) is 5.38. The van der Waals surface area contributed by atoms with E-state index in [1.807, 2.05) is 61.7 Å². The lowest BCUT2D eigenvalue weighted by Crippen LogP contribution is -2.20. The van der Waals surface area contributed by atoms with E-state index in [1.165, 1.54) is 11.8 Å². The van der Waals surface area contributed by atoms with Crippen LogP contribution in [-0.4, -0.2) is 31.5 Å². The van der Waals surface area contributed by atoms with Gasteiger partial charge in [-0.15, -0.1) is 0 Å². The molecule has 0 spiro atoms. The van der Waals surface area contributed by atoms with Crippen LogP contribution in [0.2, 0.25) is 0 Å². The fourth-order valence-corrected chi connectivity index (χ4v) is 4.79.